The van der Waals surface area contributed by atoms with Crippen LogP contribution in [0.1, 0.15) is 33.1 Å². The predicted octanol–water partition coefficient (Wildman–Crippen LogP) is 0.265. The highest BCUT2D eigenvalue weighted by Gasteiger charge is 2.21. The molecule has 0 bridgehead atoms. The van der Waals surface area contributed by atoms with E-state index >= 15 is 0 Å². The van der Waals surface area contributed by atoms with Crippen LogP contribution in [0.15, 0.2) is 0 Å². The van der Waals surface area contributed by atoms with Crippen molar-refractivity contribution in [3.8, 4) is 0 Å². The zero-order valence-corrected chi connectivity index (χ0v) is 11.4. The summed E-state index contributed by atoms with van der Waals surface area (Å²) in [6.07, 6.45) is 2.90. The first kappa shape index (κ1) is 15.0. The Kier molecular flexibility index (Phi) is 6.72. The molecule has 0 radical (unpaired) electrons. The fraction of sp³-hybridized carbons (Fsp3) is 0.846. The van der Waals surface area contributed by atoms with Crippen molar-refractivity contribution in [3.63, 3.8) is 0 Å². The van der Waals surface area contributed by atoms with Crippen LogP contribution in [0.4, 0.5) is 0 Å². The maximum absolute atomic E-state index is 11.4. The molecule has 0 aliphatic heterocycles. The number of rotatable bonds is 9. The van der Waals surface area contributed by atoms with Crippen LogP contribution in [0, 0.1) is 11.8 Å². The second-order valence-electron chi connectivity index (χ2n) is 5.37. The van der Waals surface area contributed by atoms with E-state index in [2.05, 4.69) is 29.8 Å². The van der Waals surface area contributed by atoms with Crippen LogP contribution in [-0.2, 0) is 9.59 Å². The van der Waals surface area contributed by atoms with E-state index in [0.29, 0.717) is 37.9 Å². The Labute approximate surface area is 109 Å². The van der Waals surface area contributed by atoms with Crippen LogP contribution in [0.5, 0.6) is 0 Å². The molecule has 0 aromatic heterocycles. The first-order valence-electron chi connectivity index (χ1n) is 6.82. The summed E-state index contributed by atoms with van der Waals surface area (Å²) < 4.78 is 0. The molecule has 1 fully saturated rings. The van der Waals surface area contributed by atoms with E-state index in [9.17, 15) is 9.59 Å². The quantitative estimate of drug-likeness (QED) is 0.518. The zero-order chi connectivity index (χ0) is 13.4. The second-order valence-corrected chi connectivity index (χ2v) is 5.37. The van der Waals surface area contributed by atoms with Gasteiger partial charge in [-0.2, -0.15) is 0 Å². The van der Waals surface area contributed by atoms with E-state index in [-0.39, 0.29) is 11.8 Å². The molecule has 104 valence electrons. The molecular formula is C13H25N3O2. The van der Waals surface area contributed by atoms with Crippen molar-refractivity contribution in [1.29, 1.82) is 0 Å². The van der Waals surface area contributed by atoms with E-state index in [1.165, 1.54) is 12.8 Å². The normalized spacial score (nSPS) is 14.6. The second kappa shape index (κ2) is 8.08. The van der Waals surface area contributed by atoms with Gasteiger partial charge in [-0.25, -0.2) is 0 Å². The minimum absolute atomic E-state index is 0.0180. The van der Waals surface area contributed by atoms with Crippen molar-refractivity contribution in [2.24, 2.45) is 11.8 Å². The molecule has 0 saturated heterocycles. The maximum atomic E-state index is 11.4. The van der Waals surface area contributed by atoms with Gasteiger partial charge in [0.05, 0.1) is 6.54 Å². The summed E-state index contributed by atoms with van der Waals surface area (Å²) in [4.78, 5) is 22.7. The molecule has 2 amide bonds. The van der Waals surface area contributed by atoms with Gasteiger partial charge in [0, 0.05) is 26.1 Å². The van der Waals surface area contributed by atoms with E-state index in [1.807, 2.05) is 0 Å². The van der Waals surface area contributed by atoms with Crippen LogP contribution in [0.2, 0.25) is 0 Å². The van der Waals surface area contributed by atoms with Gasteiger partial charge in [-0.1, -0.05) is 13.8 Å². The molecule has 1 aliphatic rings. The molecule has 1 saturated carbocycles. The van der Waals surface area contributed by atoms with Crippen LogP contribution >= 0.6 is 0 Å². The van der Waals surface area contributed by atoms with Crippen LogP contribution < -0.4 is 16.0 Å². The molecule has 1 aliphatic carbocycles. The Morgan fingerprint density at radius 2 is 1.89 bits per heavy atom. The molecule has 0 spiro atoms. The molecule has 0 atom stereocenters. The first-order valence-corrected chi connectivity index (χ1v) is 6.82. The SMILES string of the molecule is CC(C)CNC(=O)CCNCC(=O)NCC1CC1. The highest BCUT2D eigenvalue weighted by molar-refractivity contribution is 5.78. The van der Waals surface area contributed by atoms with Gasteiger partial charge in [-0.3, -0.25) is 9.59 Å². The van der Waals surface area contributed by atoms with Crippen LogP contribution in [0.3, 0.4) is 0 Å². The summed E-state index contributed by atoms with van der Waals surface area (Å²) in [5.74, 6) is 1.23. The Hall–Kier alpha value is -1.10. The number of hydrogen-bond donors (Lipinski definition) is 3. The third-order valence-electron chi connectivity index (χ3n) is 2.81. The van der Waals surface area contributed by atoms with Crippen LogP contribution in [0.25, 0.3) is 0 Å². The third-order valence-corrected chi connectivity index (χ3v) is 2.81. The number of nitrogens with one attached hydrogen (secondary N) is 3. The monoisotopic (exact) mass is 255 g/mol. The van der Waals surface area contributed by atoms with Gasteiger partial charge in [0.25, 0.3) is 0 Å². The van der Waals surface area contributed by atoms with Gasteiger partial charge in [0.1, 0.15) is 0 Å². The summed E-state index contributed by atoms with van der Waals surface area (Å²) >= 11 is 0. The van der Waals surface area contributed by atoms with Crippen LogP contribution in [-0.4, -0.2) is 38.0 Å². The Balaban J connectivity index is 1.90. The highest BCUT2D eigenvalue weighted by Crippen LogP contribution is 2.27. The number of carbonyl (C=O) groups is 2. The standard InChI is InChI=1S/C13H25N3O2/c1-10(2)7-15-12(17)5-6-14-9-13(18)16-8-11-3-4-11/h10-11,14H,3-9H2,1-2H3,(H,15,17)(H,16,18). The van der Waals surface area contributed by atoms with E-state index in [0.717, 1.165) is 6.54 Å². The summed E-state index contributed by atoms with van der Waals surface area (Å²) in [7, 11) is 0. The lowest BCUT2D eigenvalue weighted by atomic mass is 10.2. The van der Waals surface area contributed by atoms with Gasteiger partial charge in [-0.05, 0) is 24.7 Å². The Bertz CT molecular complexity index is 255. The number of hydrogen-bond acceptors (Lipinski definition) is 3. The fourth-order valence-corrected chi connectivity index (χ4v) is 1.45. The van der Waals surface area contributed by atoms with Crippen molar-refractivity contribution in [2.75, 3.05) is 26.2 Å². The molecule has 0 heterocycles. The average molecular weight is 255 g/mol. The van der Waals surface area contributed by atoms with Crippen molar-refractivity contribution < 1.29 is 9.59 Å². The molecule has 5 nitrogen and oxygen atoms in total. The number of amides is 2. The van der Waals surface area contributed by atoms with Crippen molar-refractivity contribution >= 4 is 11.8 Å². The molecule has 0 aromatic rings. The molecule has 3 N–H and O–H groups in total. The van der Waals surface area contributed by atoms with Gasteiger partial charge in [0.2, 0.25) is 11.8 Å². The molecule has 1 rings (SSSR count). The minimum Gasteiger partial charge on any atom is -0.356 e. The molecule has 0 aromatic carbocycles. The third kappa shape index (κ3) is 8.06. The molecular weight excluding hydrogens is 230 g/mol. The first-order chi connectivity index (χ1) is 8.58. The average Bonchev–Trinajstić information content (AvgIpc) is 3.13. The Morgan fingerprint density at radius 1 is 1.17 bits per heavy atom. The zero-order valence-electron chi connectivity index (χ0n) is 11.4. The van der Waals surface area contributed by atoms with Gasteiger partial charge in [0.15, 0.2) is 0 Å². The fourth-order valence-electron chi connectivity index (χ4n) is 1.45. The summed E-state index contributed by atoms with van der Waals surface area (Å²) in [5.41, 5.74) is 0. The van der Waals surface area contributed by atoms with E-state index in [1.54, 1.807) is 0 Å². The largest absolute Gasteiger partial charge is 0.356 e. The van der Waals surface area contributed by atoms with Gasteiger partial charge < -0.3 is 16.0 Å². The van der Waals surface area contributed by atoms with Crippen molar-refractivity contribution in [1.82, 2.24) is 16.0 Å². The summed E-state index contributed by atoms with van der Waals surface area (Å²) in [5, 5.41) is 8.68. The van der Waals surface area contributed by atoms with E-state index < -0.39 is 0 Å². The summed E-state index contributed by atoms with van der Waals surface area (Å²) in [6.45, 7) is 6.46. The Morgan fingerprint density at radius 3 is 2.50 bits per heavy atom. The highest BCUT2D eigenvalue weighted by atomic mass is 16.2. The van der Waals surface area contributed by atoms with Gasteiger partial charge >= 0.3 is 0 Å². The van der Waals surface area contributed by atoms with Crippen molar-refractivity contribution in [2.45, 2.75) is 33.1 Å². The summed E-state index contributed by atoms with van der Waals surface area (Å²) in [6, 6.07) is 0. The van der Waals surface area contributed by atoms with E-state index in [4.69, 9.17) is 0 Å². The predicted molar refractivity (Wildman–Crippen MR) is 71.1 cm³/mol. The van der Waals surface area contributed by atoms with Crippen molar-refractivity contribution in [3.05, 3.63) is 0 Å². The minimum atomic E-state index is 0.0180. The smallest absolute Gasteiger partial charge is 0.233 e. The topological polar surface area (TPSA) is 70.2 Å². The molecule has 18 heavy (non-hydrogen) atoms. The maximum Gasteiger partial charge on any atom is 0.233 e. The lowest BCUT2D eigenvalue weighted by Gasteiger charge is -2.08. The number of carbonyl (C=O) groups excluding carboxylic acids is 2. The lowest BCUT2D eigenvalue weighted by molar-refractivity contribution is -0.122. The van der Waals surface area contributed by atoms with Gasteiger partial charge in [-0.15, -0.1) is 0 Å². The molecule has 0 unspecified atom stereocenters. The molecule has 5 heteroatoms. The lowest BCUT2D eigenvalue weighted by Crippen LogP contribution is -2.37.